The summed E-state index contributed by atoms with van der Waals surface area (Å²) in [4.78, 5) is 11.1. The minimum Gasteiger partial charge on any atom is -0.310 e. The van der Waals surface area contributed by atoms with Crippen molar-refractivity contribution in [3.05, 3.63) is 0 Å². The van der Waals surface area contributed by atoms with E-state index in [0.717, 1.165) is 6.54 Å². The normalized spacial score (nSPS) is 12.0. The summed E-state index contributed by atoms with van der Waals surface area (Å²) in [6.07, 6.45) is 0.119. The van der Waals surface area contributed by atoms with Gasteiger partial charge in [-0.25, -0.2) is 8.42 Å². The maximum absolute atomic E-state index is 11.3. The van der Waals surface area contributed by atoms with E-state index in [1.165, 1.54) is 0 Å². The first-order valence-corrected chi connectivity index (χ1v) is 6.55. The molecular weight excluding hydrogens is 202 g/mol. The first-order chi connectivity index (χ1) is 6.40. The zero-order valence-corrected chi connectivity index (χ0v) is 9.86. The van der Waals surface area contributed by atoms with E-state index in [1.54, 1.807) is 13.8 Å². The molecule has 5 heteroatoms. The first-order valence-electron chi connectivity index (χ1n) is 4.84. The molecule has 0 spiro atoms. The molecule has 0 atom stereocenters. The van der Waals surface area contributed by atoms with Gasteiger partial charge in [0, 0.05) is 6.42 Å². The van der Waals surface area contributed by atoms with Crippen LogP contribution in [0.25, 0.3) is 0 Å². The number of rotatable bonds is 7. The Morgan fingerprint density at radius 1 is 1.36 bits per heavy atom. The van der Waals surface area contributed by atoms with Crippen LogP contribution in [0.3, 0.4) is 0 Å². The van der Waals surface area contributed by atoms with E-state index in [1.807, 2.05) is 6.92 Å². The number of likely N-dealkylation sites (N-methyl/N-ethyl adjacent to an activating group) is 1. The standard InChI is InChI=1S/C9H19NO3S/c1-4-10-7-9(11)5-6-14(12,13)8(2)3/h8,10H,4-7H2,1-3H3. The van der Waals surface area contributed by atoms with Crippen LogP contribution in [0.1, 0.15) is 27.2 Å². The van der Waals surface area contributed by atoms with Crippen LogP contribution in [0.2, 0.25) is 0 Å². The molecule has 0 aromatic rings. The van der Waals surface area contributed by atoms with Crippen LogP contribution in [0.15, 0.2) is 0 Å². The Balaban J connectivity index is 3.89. The average molecular weight is 221 g/mol. The lowest BCUT2D eigenvalue weighted by molar-refractivity contribution is -0.117. The molecule has 0 aliphatic heterocycles. The number of hydrogen-bond donors (Lipinski definition) is 1. The highest BCUT2D eigenvalue weighted by molar-refractivity contribution is 7.91. The number of carbonyl (C=O) groups is 1. The van der Waals surface area contributed by atoms with Crippen LogP contribution in [-0.2, 0) is 14.6 Å². The molecule has 84 valence electrons. The maximum Gasteiger partial charge on any atom is 0.153 e. The van der Waals surface area contributed by atoms with Gasteiger partial charge in [-0.15, -0.1) is 0 Å². The third kappa shape index (κ3) is 5.34. The van der Waals surface area contributed by atoms with Gasteiger partial charge < -0.3 is 5.32 Å². The summed E-state index contributed by atoms with van der Waals surface area (Å²) >= 11 is 0. The van der Waals surface area contributed by atoms with Crippen molar-refractivity contribution in [3.63, 3.8) is 0 Å². The molecule has 0 fully saturated rings. The number of ketones is 1. The molecule has 0 unspecified atom stereocenters. The van der Waals surface area contributed by atoms with Gasteiger partial charge >= 0.3 is 0 Å². The molecule has 0 saturated heterocycles. The summed E-state index contributed by atoms with van der Waals surface area (Å²) in [6, 6.07) is 0. The lowest BCUT2D eigenvalue weighted by Gasteiger charge is -2.06. The predicted molar refractivity (Wildman–Crippen MR) is 57.1 cm³/mol. The zero-order valence-electron chi connectivity index (χ0n) is 9.04. The Kier molecular flexibility index (Phi) is 5.95. The molecule has 0 aromatic heterocycles. The van der Waals surface area contributed by atoms with Crippen LogP contribution in [0, 0.1) is 0 Å². The Bertz CT molecular complexity index is 270. The summed E-state index contributed by atoms with van der Waals surface area (Å²) in [5, 5.41) is 2.48. The first kappa shape index (κ1) is 13.6. The number of hydrogen-bond acceptors (Lipinski definition) is 4. The van der Waals surface area contributed by atoms with Gasteiger partial charge in [-0.1, -0.05) is 6.92 Å². The molecule has 0 aliphatic carbocycles. The number of carbonyl (C=O) groups excluding carboxylic acids is 1. The van der Waals surface area contributed by atoms with Crippen LogP contribution < -0.4 is 5.32 Å². The topological polar surface area (TPSA) is 63.2 Å². The third-order valence-corrected chi connectivity index (χ3v) is 4.17. The Morgan fingerprint density at radius 3 is 2.36 bits per heavy atom. The Hall–Kier alpha value is -0.420. The van der Waals surface area contributed by atoms with E-state index in [0.29, 0.717) is 0 Å². The molecule has 0 radical (unpaired) electrons. The maximum atomic E-state index is 11.3. The Morgan fingerprint density at radius 2 is 1.93 bits per heavy atom. The van der Waals surface area contributed by atoms with Gasteiger partial charge in [0.2, 0.25) is 0 Å². The van der Waals surface area contributed by atoms with E-state index in [4.69, 9.17) is 0 Å². The summed E-state index contributed by atoms with van der Waals surface area (Å²) in [5.74, 6) is -0.0781. The van der Waals surface area contributed by atoms with Crippen LogP contribution in [0.5, 0.6) is 0 Å². The SMILES string of the molecule is CCNCC(=O)CCS(=O)(=O)C(C)C. The van der Waals surface area contributed by atoms with Gasteiger partial charge in [0.25, 0.3) is 0 Å². The van der Waals surface area contributed by atoms with E-state index in [2.05, 4.69) is 5.32 Å². The Labute approximate surface area is 86.0 Å². The van der Waals surface area contributed by atoms with Crippen molar-refractivity contribution < 1.29 is 13.2 Å². The van der Waals surface area contributed by atoms with Crippen LogP contribution >= 0.6 is 0 Å². The molecule has 0 heterocycles. The smallest absolute Gasteiger partial charge is 0.153 e. The highest BCUT2D eigenvalue weighted by atomic mass is 32.2. The van der Waals surface area contributed by atoms with Gasteiger partial charge in [0.05, 0.1) is 17.5 Å². The second-order valence-corrected chi connectivity index (χ2v) is 6.16. The minimum absolute atomic E-state index is 0.0328. The summed E-state index contributed by atoms with van der Waals surface area (Å²) in [6.45, 7) is 6.15. The van der Waals surface area contributed by atoms with Crippen molar-refractivity contribution in [2.24, 2.45) is 0 Å². The summed E-state index contributed by atoms with van der Waals surface area (Å²) in [7, 11) is -3.07. The minimum atomic E-state index is -3.07. The summed E-state index contributed by atoms with van der Waals surface area (Å²) in [5.41, 5.74) is 0. The monoisotopic (exact) mass is 221 g/mol. The molecular formula is C9H19NO3S. The van der Waals surface area contributed by atoms with E-state index in [9.17, 15) is 13.2 Å². The second kappa shape index (κ2) is 6.14. The molecule has 0 rings (SSSR count). The summed E-state index contributed by atoms with van der Waals surface area (Å²) < 4.78 is 22.7. The third-order valence-electron chi connectivity index (χ3n) is 1.96. The largest absolute Gasteiger partial charge is 0.310 e. The number of sulfone groups is 1. The van der Waals surface area contributed by atoms with E-state index < -0.39 is 15.1 Å². The number of nitrogens with one attached hydrogen (secondary N) is 1. The van der Waals surface area contributed by atoms with Gasteiger partial charge in [0.15, 0.2) is 9.84 Å². The zero-order chi connectivity index (χ0) is 11.2. The van der Waals surface area contributed by atoms with Crippen molar-refractivity contribution in [1.82, 2.24) is 5.32 Å². The molecule has 0 bridgehead atoms. The van der Waals surface area contributed by atoms with Crippen LogP contribution in [-0.4, -0.2) is 38.3 Å². The molecule has 4 nitrogen and oxygen atoms in total. The highest BCUT2D eigenvalue weighted by Crippen LogP contribution is 2.02. The quantitative estimate of drug-likeness (QED) is 0.675. The molecule has 0 saturated carbocycles. The molecule has 0 aliphatic rings. The van der Waals surface area contributed by atoms with Crippen molar-refractivity contribution in [3.8, 4) is 0 Å². The lowest BCUT2D eigenvalue weighted by Crippen LogP contribution is -2.26. The fourth-order valence-electron chi connectivity index (χ4n) is 0.845. The van der Waals surface area contributed by atoms with Crippen molar-refractivity contribution in [2.45, 2.75) is 32.4 Å². The van der Waals surface area contributed by atoms with Gasteiger partial charge in [-0.2, -0.15) is 0 Å². The predicted octanol–water partition coefficient (Wildman–Crippen LogP) is 0.378. The fraction of sp³-hybridized carbons (Fsp3) is 0.889. The van der Waals surface area contributed by atoms with Crippen LogP contribution in [0.4, 0.5) is 0 Å². The number of Topliss-reactive ketones (excluding diaryl/α,β-unsaturated/α-hetero) is 1. The molecule has 1 N–H and O–H groups in total. The van der Waals surface area contributed by atoms with Crippen molar-refractivity contribution in [1.29, 1.82) is 0 Å². The second-order valence-electron chi connectivity index (χ2n) is 3.48. The molecule has 14 heavy (non-hydrogen) atoms. The fourth-order valence-corrected chi connectivity index (χ4v) is 1.83. The van der Waals surface area contributed by atoms with Crippen molar-refractivity contribution in [2.75, 3.05) is 18.8 Å². The van der Waals surface area contributed by atoms with Gasteiger partial charge in [0.1, 0.15) is 5.78 Å². The lowest BCUT2D eigenvalue weighted by atomic mass is 10.3. The van der Waals surface area contributed by atoms with Gasteiger partial charge in [-0.05, 0) is 20.4 Å². The van der Waals surface area contributed by atoms with E-state index in [-0.39, 0.29) is 24.5 Å². The van der Waals surface area contributed by atoms with Crippen molar-refractivity contribution >= 4 is 15.6 Å². The van der Waals surface area contributed by atoms with E-state index >= 15 is 0 Å². The highest BCUT2D eigenvalue weighted by Gasteiger charge is 2.17. The molecule has 0 amide bonds. The molecule has 0 aromatic carbocycles. The average Bonchev–Trinajstić information content (AvgIpc) is 2.11. The van der Waals surface area contributed by atoms with Gasteiger partial charge in [-0.3, -0.25) is 4.79 Å².